The molecule has 0 saturated heterocycles. The van der Waals surface area contributed by atoms with Gasteiger partial charge in [-0.15, -0.1) is 0 Å². The monoisotopic (exact) mass is 239 g/mol. The van der Waals surface area contributed by atoms with Gasteiger partial charge in [-0.3, -0.25) is 0 Å². The van der Waals surface area contributed by atoms with Gasteiger partial charge in [0.05, 0.1) is 18.0 Å². The second-order valence-electron chi connectivity index (χ2n) is 2.40. The molecule has 1 aromatic rings. The molecule has 0 spiro atoms. The highest BCUT2D eigenvalue weighted by Gasteiger charge is 1.98. The number of nitrogen functional groups attached to an aromatic ring is 1. The highest BCUT2D eigenvalue weighted by Crippen LogP contribution is 2.19. The van der Waals surface area contributed by atoms with Crippen LogP contribution in [0.2, 0.25) is 0 Å². The topological polar surface area (TPSA) is 35.2 Å². The third-order valence-electron chi connectivity index (χ3n) is 1.51. The summed E-state index contributed by atoms with van der Waals surface area (Å²) in [7, 11) is 1.62. The fourth-order valence-corrected chi connectivity index (χ4v) is 1.09. The molecule has 2 nitrogen and oxygen atoms in total. The number of alkyl halides is 1. The van der Waals surface area contributed by atoms with E-state index in [0.29, 0.717) is 11.0 Å². The number of halogens is 1. The Morgan fingerprint density at radius 1 is 1.54 bits per heavy atom. The first-order chi connectivity index (χ1) is 6.27. The number of benzene rings is 1. The Balaban J connectivity index is 3.08. The maximum atomic E-state index is 5.62. The number of rotatable bonds is 1. The van der Waals surface area contributed by atoms with Gasteiger partial charge in [-0.1, -0.05) is 27.8 Å². The van der Waals surface area contributed by atoms with Gasteiger partial charge in [0.1, 0.15) is 5.75 Å². The maximum Gasteiger partial charge on any atom is 0.134 e. The Kier molecular flexibility index (Phi) is 3.66. The Morgan fingerprint density at radius 3 is 2.92 bits per heavy atom. The van der Waals surface area contributed by atoms with Crippen molar-refractivity contribution >= 4 is 21.6 Å². The van der Waals surface area contributed by atoms with E-state index in [4.69, 9.17) is 10.5 Å². The predicted octanol–water partition coefficient (Wildman–Crippen LogP) is 2.02. The van der Waals surface area contributed by atoms with Crippen LogP contribution >= 0.6 is 15.9 Å². The lowest BCUT2D eigenvalue weighted by molar-refractivity contribution is 0.413. The summed E-state index contributed by atoms with van der Waals surface area (Å²) in [6.07, 6.45) is 0. The first-order valence-corrected chi connectivity index (χ1v) is 4.88. The van der Waals surface area contributed by atoms with Crippen LogP contribution in [0.5, 0.6) is 5.75 Å². The van der Waals surface area contributed by atoms with Gasteiger partial charge in [0.15, 0.2) is 0 Å². The second kappa shape index (κ2) is 4.78. The van der Waals surface area contributed by atoms with Crippen molar-refractivity contribution in [2.24, 2.45) is 0 Å². The normalized spacial score (nSPS) is 8.77. The van der Waals surface area contributed by atoms with Crippen LogP contribution in [-0.2, 0) is 0 Å². The average Bonchev–Trinajstić information content (AvgIpc) is 2.15. The first-order valence-electron chi connectivity index (χ1n) is 3.76. The molecule has 0 amide bonds. The fraction of sp³-hybridized carbons (Fsp3) is 0.200. The van der Waals surface area contributed by atoms with E-state index in [1.54, 1.807) is 19.2 Å². The quantitative estimate of drug-likeness (QED) is 0.463. The zero-order valence-electron chi connectivity index (χ0n) is 7.30. The minimum atomic E-state index is 0.644. The van der Waals surface area contributed by atoms with Crippen molar-refractivity contribution in [2.75, 3.05) is 18.2 Å². The van der Waals surface area contributed by atoms with E-state index >= 15 is 0 Å². The average molecular weight is 240 g/mol. The lowest BCUT2D eigenvalue weighted by atomic mass is 10.2. The number of anilines is 1. The first kappa shape index (κ1) is 9.94. The maximum absolute atomic E-state index is 5.62. The molecule has 0 saturated carbocycles. The van der Waals surface area contributed by atoms with Crippen LogP contribution in [-0.4, -0.2) is 12.4 Å². The van der Waals surface area contributed by atoms with Crippen LogP contribution in [0, 0.1) is 11.8 Å². The molecule has 13 heavy (non-hydrogen) atoms. The molecule has 0 atom stereocenters. The Bertz CT molecular complexity index is 352. The second-order valence-corrected chi connectivity index (χ2v) is 2.96. The zero-order chi connectivity index (χ0) is 9.68. The van der Waals surface area contributed by atoms with E-state index in [-0.39, 0.29) is 0 Å². The Hall–Kier alpha value is -1.14. The summed E-state index contributed by atoms with van der Waals surface area (Å²) >= 11 is 3.23. The van der Waals surface area contributed by atoms with Crippen molar-refractivity contribution in [1.29, 1.82) is 0 Å². The molecule has 68 valence electrons. The summed E-state index contributed by atoms with van der Waals surface area (Å²) in [5, 5.41) is 0.644. The highest BCUT2D eigenvalue weighted by atomic mass is 79.9. The van der Waals surface area contributed by atoms with Crippen LogP contribution in [0.25, 0.3) is 0 Å². The SMILES string of the molecule is COc1ccc(N)cc1C#CCBr. The predicted molar refractivity (Wildman–Crippen MR) is 58.1 cm³/mol. The molecular weight excluding hydrogens is 230 g/mol. The van der Waals surface area contributed by atoms with Gasteiger partial charge in [-0.2, -0.15) is 0 Å². The van der Waals surface area contributed by atoms with Gasteiger partial charge >= 0.3 is 0 Å². The molecule has 0 aliphatic carbocycles. The number of ether oxygens (including phenoxy) is 1. The molecular formula is C10H10BrNO. The minimum absolute atomic E-state index is 0.644. The number of methoxy groups -OCH3 is 1. The molecule has 3 heteroatoms. The molecule has 0 radical (unpaired) electrons. The Labute approximate surface area is 86.2 Å². The fourth-order valence-electron chi connectivity index (χ4n) is 0.952. The summed E-state index contributed by atoms with van der Waals surface area (Å²) in [6.45, 7) is 0. The molecule has 0 aliphatic rings. The van der Waals surface area contributed by atoms with Crippen molar-refractivity contribution in [2.45, 2.75) is 0 Å². The molecule has 0 heterocycles. The lowest BCUT2D eigenvalue weighted by Gasteiger charge is -2.03. The summed E-state index contributed by atoms with van der Waals surface area (Å²) in [5.74, 6) is 6.60. The van der Waals surface area contributed by atoms with Gasteiger partial charge in [0, 0.05) is 5.69 Å². The van der Waals surface area contributed by atoms with Gasteiger partial charge in [0.2, 0.25) is 0 Å². The lowest BCUT2D eigenvalue weighted by Crippen LogP contribution is -1.91. The number of hydrogen-bond donors (Lipinski definition) is 1. The van der Waals surface area contributed by atoms with E-state index in [0.717, 1.165) is 11.3 Å². The number of hydrogen-bond acceptors (Lipinski definition) is 2. The van der Waals surface area contributed by atoms with E-state index < -0.39 is 0 Å². The molecule has 0 unspecified atom stereocenters. The third-order valence-corrected chi connectivity index (χ3v) is 1.79. The van der Waals surface area contributed by atoms with E-state index in [1.165, 1.54) is 0 Å². The molecule has 0 aliphatic heterocycles. The zero-order valence-corrected chi connectivity index (χ0v) is 8.89. The molecule has 1 rings (SSSR count). The van der Waals surface area contributed by atoms with E-state index in [9.17, 15) is 0 Å². The van der Waals surface area contributed by atoms with Crippen molar-refractivity contribution in [3.8, 4) is 17.6 Å². The van der Waals surface area contributed by atoms with E-state index in [1.807, 2.05) is 6.07 Å². The van der Waals surface area contributed by atoms with Crippen LogP contribution in [0.4, 0.5) is 5.69 Å². The third kappa shape index (κ3) is 2.67. The smallest absolute Gasteiger partial charge is 0.134 e. The van der Waals surface area contributed by atoms with Gasteiger partial charge < -0.3 is 10.5 Å². The van der Waals surface area contributed by atoms with Gasteiger partial charge in [-0.05, 0) is 18.2 Å². The van der Waals surface area contributed by atoms with Crippen molar-refractivity contribution in [3.63, 3.8) is 0 Å². The Morgan fingerprint density at radius 2 is 2.31 bits per heavy atom. The molecule has 2 N–H and O–H groups in total. The highest BCUT2D eigenvalue weighted by molar-refractivity contribution is 9.09. The standard InChI is InChI=1S/C10H10BrNO/c1-13-10-5-4-9(12)7-8(10)3-2-6-11/h4-5,7H,6,12H2,1H3. The summed E-state index contributed by atoms with van der Waals surface area (Å²) in [4.78, 5) is 0. The minimum Gasteiger partial charge on any atom is -0.495 e. The van der Waals surface area contributed by atoms with Gasteiger partial charge in [-0.25, -0.2) is 0 Å². The summed E-state index contributed by atoms with van der Waals surface area (Å²) in [5.41, 5.74) is 7.13. The van der Waals surface area contributed by atoms with Gasteiger partial charge in [0.25, 0.3) is 0 Å². The van der Waals surface area contributed by atoms with Crippen molar-refractivity contribution in [3.05, 3.63) is 23.8 Å². The van der Waals surface area contributed by atoms with Crippen LogP contribution in [0.1, 0.15) is 5.56 Å². The van der Waals surface area contributed by atoms with Crippen LogP contribution in [0.15, 0.2) is 18.2 Å². The summed E-state index contributed by atoms with van der Waals surface area (Å²) < 4.78 is 5.12. The van der Waals surface area contributed by atoms with Crippen LogP contribution < -0.4 is 10.5 Å². The van der Waals surface area contributed by atoms with Crippen molar-refractivity contribution < 1.29 is 4.74 Å². The van der Waals surface area contributed by atoms with Crippen LogP contribution in [0.3, 0.4) is 0 Å². The molecule has 0 fully saturated rings. The summed E-state index contributed by atoms with van der Waals surface area (Å²) in [6, 6.07) is 5.40. The van der Waals surface area contributed by atoms with Crippen molar-refractivity contribution in [1.82, 2.24) is 0 Å². The molecule has 1 aromatic carbocycles. The molecule has 0 bridgehead atoms. The van der Waals surface area contributed by atoms with E-state index in [2.05, 4.69) is 27.8 Å². The molecule has 0 aromatic heterocycles. The largest absolute Gasteiger partial charge is 0.495 e. The number of nitrogens with two attached hydrogens (primary N) is 1.